The fraction of sp³-hybridized carbons (Fsp3) is 0.900. The van der Waals surface area contributed by atoms with Crippen molar-refractivity contribution in [2.45, 2.75) is 44.8 Å². The third kappa shape index (κ3) is 3.15. The molecule has 0 aromatic rings. The van der Waals surface area contributed by atoms with Gasteiger partial charge in [0.05, 0.1) is 12.1 Å². The van der Waals surface area contributed by atoms with E-state index in [1.165, 1.54) is 0 Å². The molecule has 1 heterocycles. The number of nitrogens with one attached hydrogen (secondary N) is 1. The maximum Gasteiger partial charge on any atom is 0.177 e. The summed E-state index contributed by atoms with van der Waals surface area (Å²) in [6, 6.07) is 0.0732. The van der Waals surface area contributed by atoms with Crippen LogP contribution in [0.4, 0.5) is 0 Å². The van der Waals surface area contributed by atoms with E-state index < -0.39 is 6.29 Å². The fourth-order valence-corrected chi connectivity index (χ4v) is 1.92. The lowest BCUT2D eigenvalue weighted by molar-refractivity contribution is -0.209. The number of hydrogen-bond donors (Lipinski definition) is 2. The van der Waals surface area contributed by atoms with Crippen LogP contribution >= 0.6 is 0 Å². The van der Waals surface area contributed by atoms with Gasteiger partial charge in [-0.2, -0.15) is 0 Å². The first kappa shape index (κ1) is 12.4. The molecule has 0 aromatic heterocycles. The lowest BCUT2D eigenvalue weighted by Gasteiger charge is -2.41. The fourth-order valence-electron chi connectivity index (χ4n) is 1.92. The molecule has 2 N–H and O–H groups in total. The number of ether oxygens (including phenoxy) is 2. The maximum absolute atomic E-state index is 9.49. The summed E-state index contributed by atoms with van der Waals surface area (Å²) in [6.45, 7) is 3.46. The van der Waals surface area contributed by atoms with Gasteiger partial charge in [-0.3, -0.25) is 5.41 Å². The van der Waals surface area contributed by atoms with E-state index in [-0.39, 0.29) is 24.1 Å². The van der Waals surface area contributed by atoms with Crippen molar-refractivity contribution in [3.8, 4) is 0 Å². The second kappa shape index (κ2) is 4.92. The molecule has 0 spiro atoms. The number of nitrogens with zero attached hydrogens (tertiary/aromatic N) is 1. The molecule has 0 aliphatic carbocycles. The van der Waals surface area contributed by atoms with Crippen LogP contribution < -0.4 is 0 Å². The SMILES string of the molecule is CC(=N)O[C@H]1[C@H](N(C)C)C[C@H](O)O[C@@H]1C. The average Bonchev–Trinajstić information content (AvgIpc) is 2.08. The minimum Gasteiger partial charge on any atom is -0.474 e. The van der Waals surface area contributed by atoms with E-state index in [1.54, 1.807) is 6.92 Å². The summed E-state index contributed by atoms with van der Waals surface area (Å²) in [5, 5.41) is 16.8. The van der Waals surface area contributed by atoms with Gasteiger partial charge in [0.2, 0.25) is 0 Å². The van der Waals surface area contributed by atoms with Crippen LogP contribution in [0.3, 0.4) is 0 Å². The predicted octanol–water partition coefficient (Wildman–Crippen LogP) is 0.426. The van der Waals surface area contributed by atoms with Crippen molar-refractivity contribution >= 4 is 5.90 Å². The Morgan fingerprint density at radius 3 is 2.60 bits per heavy atom. The van der Waals surface area contributed by atoms with Gasteiger partial charge in [-0.25, -0.2) is 0 Å². The van der Waals surface area contributed by atoms with E-state index in [4.69, 9.17) is 14.9 Å². The highest BCUT2D eigenvalue weighted by molar-refractivity contribution is 5.69. The van der Waals surface area contributed by atoms with E-state index >= 15 is 0 Å². The first-order chi connectivity index (χ1) is 6.91. The zero-order valence-electron chi connectivity index (χ0n) is 9.73. The van der Waals surface area contributed by atoms with E-state index in [9.17, 15) is 5.11 Å². The molecule has 0 amide bonds. The van der Waals surface area contributed by atoms with Crippen molar-refractivity contribution in [3.05, 3.63) is 0 Å². The molecule has 1 rings (SSSR count). The second-order valence-corrected chi connectivity index (χ2v) is 4.20. The zero-order chi connectivity index (χ0) is 11.6. The van der Waals surface area contributed by atoms with Gasteiger partial charge in [0.25, 0.3) is 0 Å². The highest BCUT2D eigenvalue weighted by atomic mass is 16.6. The van der Waals surface area contributed by atoms with Gasteiger partial charge in [0, 0.05) is 13.3 Å². The maximum atomic E-state index is 9.49. The number of hydrogen-bond acceptors (Lipinski definition) is 5. The Hall–Kier alpha value is -0.650. The molecule has 5 heteroatoms. The molecule has 88 valence electrons. The van der Waals surface area contributed by atoms with Crippen LogP contribution in [0.5, 0.6) is 0 Å². The van der Waals surface area contributed by atoms with Gasteiger partial charge in [0.15, 0.2) is 12.2 Å². The minimum absolute atomic E-state index is 0.0732. The predicted molar refractivity (Wildman–Crippen MR) is 56.9 cm³/mol. The summed E-state index contributed by atoms with van der Waals surface area (Å²) < 4.78 is 10.7. The third-order valence-electron chi connectivity index (χ3n) is 2.63. The van der Waals surface area contributed by atoms with Gasteiger partial charge in [0.1, 0.15) is 6.10 Å². The van der Waals surface area contributed by atoms with Crippen LogP contribution in [-0.2, 0) is 9.47 Å². The third-order valence-corrected chi connectivity index (χ3v) is 2.63. The topological polar surface area (TPSA) is 65.8 Å². The van der Waals surface area contributed by atoms with Gasteiger partial charge in [-0.1, -0.05) is 0 Å². The van der Waals surface area contributed by atoms with E-state index in [0.29, 0.717) is 6.42 Å². The zero-order valence-corrected chi connectivity index (χ0v) is 9.73. The Labute approximate surface area is 90.5 Å². The van der Waals surface area contributed by atoms with Crippen molar-refractivity contribution in [1.29, 1.82) is 5.41 Å². The number of likely N-dealkylation sites (N-methyl/N-ethyl adjacent to an activating group) is 1. The molecular formula is C10H20N2O3. The Kier molecular flexibility index (Phi) is 4.07. The van der Waals surface area contributed by atoms with Gasteiger partial charge >= 0.3 is 0 Å². The summed E-state index contributed by atoms with van der Waals surface area (Å²) in [5.74, 6) is 0.179. The van der Waals surface area contributed by atoms with Crippen LogP contribution in [-0.4, -0.2) is 54.5 Å². The Bertz CT molecular complexity index is 233. The van der Waals surface area contributed by atoms with Crippen LogP contribution in [0, 0.1) is 5.41 Å². The summed E-state index contributed by atoms with van der Waals surface area (Å²) in [5.41, 5.74) is 0. The normalized spacial score (nSPS) is 36.7. The van der Waals surface area contributed by atoms with Gasteiger partial charge in [-0.15, -0.1) is 0 Å². The largest absolute Gasteiger partial charge is 0.474 e. The molecular weight excluding hydrogens is 196 g/mol. The van der Waals surface area contributed by atoms with Gasteiger partial charge in [-0.05, 0) is 21.0 Å². The summed E-state index contributed by atoms with van der Waals surface area (Å²) in [7, 11) is 3.87. The number of rotatable bonds is 2. The highest BCUT2D eigenvalue weighted by Gasteiger charge is 2.38. The average molecular weight is 216 g/mol. The lowest BCUT2D eigenvalue weighted by Crippen LogP contribution is -2.54. The van der Waals surface area contributed by atoms with Crippen molar-refractivity contribution < 1.29 is 14.6 Å². The standard InChI is InChI=1S/C10H20N2O3/c1-6-10(15-7(2)11)8(12(3)4)5-9(13)14-6/h6,8-11,13H,5H2,1-4H3/t6-,8-,9-,10-/m1/s1. The molecule has 0 unspecified atom stereocenters. The molecule has 1 aliphatic rings. The lowest BCUT2D eigenvalue weighted by atomic mass is 9.98. The van der Waals surface area contributed by atoms with Crippen molar-refractivity contribution in [2.75, 3.05) is 14.1 Å². The Balaban J connectivity index is 2.73. The van der Waals surface area contributed by atoms with E-state index in [0.717, 1.165) is 0 Å². The highest BCUT2D eigenvalue weighted by Crippen LogP contribution is 2.24. The van der Waals surface area contributed by atoms with Crippen molar-refractivity contribution in [2.24, 2.45) is 0 Å². The van der Waals surface area contributed by atoms with Crippen LogP contribution in [0.15, 0.2) is 0 Å². The molecule has 15 heavy (non-hydrogen) atoms. The van der Waals surface area contributed by atoms with Crippen LogP contribution in [0.25, 0.3) is 0 Å². The Morgan fingerprint density at radius 2 is 2.13 bits per heavy atom. The molecule has 1 saturated heterocycles. The minimum atomic E-state index is -0.738. The van der Waals surface area contributed by atoms with Gasteiger partial charge < -0.3 is 19.5 Å². The molecule has 1 fully saturated rings. The molecule has 4 atom stereocenters. The molecule has 0 bridgehead atoms. The summed E-state index contributed by atoms with van der Waals surface area (Å²) in [4.78, 5) is 2.00. The van der Waals surface area contributed by atoms with E-state index in [1.807, 2.05) is 25.9 Å². The summed E-state index contributed by atoms with van der Waals surface area (Å²) >= 11 is 0. The molecule has 0 aromatic carbocycles. The molecule has 0 radical (unpaired) electrons. The smallest absolute Gasteiger partial charge is 0.177 e. The van der Waals surface area contributed by atoms with Crippen LogP contribution in [0.1, 0.15) is 20.3 Å². The molecule has 5 nitrogen and oxygen atoms in total. The molecule has 0 saturated carbocycles. The van der Waals surface area contributed by atoms with E-state index in [2.05, 4.69) is 0 Å². The van der Waals surface area contributed by atoms with Crippen LogP contribution in [0.2, 0.25) is 0 Å². The first-order valence-corrected chi connectivity index (χ1v) is 5.13. The first-order valence-electron chi connectivity index (χ1n) is 5.13. The number of aliphatic hydroxyl groups excluding tert-OH is 1. The molecule has 1 aliphatic heterocycles. The Morgan fingerprint density at radius 1 is 1.53 bits per heavy atom. The number of aliphatic hydroxyl groups is 1. The van der Waals surface area contributed by atoms with Crippen molar-refractivity contribution in [1.82, 2.24) is 4.90 Å². The monoisotopic (exact) mass is 216 g/mol. The quantitative estimate of drug-likeness (QED) is 0.519. The van der Waals surface area contributed by atoms with Crippen molar-refractivity contribution in [3.63, 3.8) is 0 Å². The second-order valence-electron chi connectivity index (χ2n) is 4.20. The summed E-state index contributed by atoms with van der Waals surface area (Å²) in [6.07, 6.45) is -0.629.